The third kappa shape index (κ3) is 2.26. The number of aromatic nitrogens is 3. The monoisotopic (exact) mass is 291 g/mol. The molecule has 3 heterocycles. The Labute approximate surface area is 126 Å². The van der Waals surface area contributed by atoms with Crippen LogP contribution in [0.5, 0.6) is 5.75 Å². The van der Waals surface area contributed by atoms with Gasteiger partial charge >= 0.3 is 0 Å². The maximum atomic E-state index is 12.0. The number of nitrogens with zero attached hydrogens (tertiary/aromatic N) is 2. The summed E-state index contributed by atoms with van der Waals surface area (Å²) in [5, 5.41) is 0.543. The van der Waals surface area contributed by atoms with Gasteiger partial charge in [0.2, 0.25) is 0 Å². The third-order valence-electron chi connectivity index (χ3n) is 3.67. The lowest BCUT2D eigenvalue weighted by molar-refractivity contribution is 0.357. The standard InChI is InChI=1S/C17H13N3O2/c21-17-13-5-7-18-10-14(13)19-16(20-17)4-2-11-1-3-15-12(9-11)6-8-22-15/h1-5,7,9-10H,6,8H2,(H,19,20,21)/b4-2+. The van der Waals surface area contributed by atoms with Crippen molar-refractivity contribution in [3.8, 4) is 5.75 Å². The van der Waals surface area contributed by atoms with Crippen LogP contribution in [0.4, 0.5) is 0 Å². The molecular formula is C17H13N3O2. The Hall–Kier alpha value is -2.95. The molecule has 0 bridgehead atoms. The molecule has 0 saturated heterocycles. The summed E-state index contributed by atoms with van der Waals surface area (Å²) in [5.41, 5.74) is 2.70. The van der Waals surface area contributed by atoms with Gasteiger partial charge in [0.05, 0.1) is 23.7 Å². The van der Waals surface area contributed by atoms with Crippen LogP contribution in [0.1, 0.15) is 17.0 Å². The van der Waals surface area contributed by atoms with Crippen LogP contribution in [0.25, 0.3) is 23.1 Å². The molecule has 0 spiro atoms. The fourth-order valence-electron chi connectivity index (χ4n) is 2.57. The van der Waals surface area contributed by atoms with Gasteiger partial charge in [-0.25, -0.2) is 4.98 Å². The Morgan fingerprint density at radius 2 is 2.18 bits per heavy atom. The maximum absolute atomic E-state index is 12.0. The molecule has 0 saturated carbocycles. The SMILES string of the molecule is O=c1[nH]c(/C=C/c2ccc3c(c2)CCO3)nc2cnccc12. The van der Waals surface area contributed by atoms with Gasteiger partial charge in [-0.15, -0.1) is 0 Å². The van der Waals surface area contributed by atoms with Crippen LogP contribution in [-0.2, 0) is 6.42 Å². The summed E-state index contributed by atoms with van der Waals surface area (Å²) in [5.74, 6) is 1.47. The van der Waals surface area contributed by atoms with Crippen LogP contribution in [0.3, 0.4) is 0 Å². The van der Waals surface area contributed by atoms with E-state index in [9.17, 15) is 4.79 Å². The number of benzene rings is 1. The lowest BCUT2D eigenvalue weighted by atomic mass is 10.1. The van der Waals surface area contributed by atoms with E-state index >= 15 is 0 Å². The summed E-state index contributed by atoms with van der Waals surface area (Å²) in [6.07, 6.45) is 7.84. The summed E-state index contributed by atoms with van der Waals surface area (Å²) >= 11 is 0. The number of ether oxygens (including phenoxy) is 1. The Morgan fingerprint density at radius 1 is 1.23 bits per heavy atom. The summed E-state index contributed by atoms with van der Waals surface area (Å²) < 4.78 is 5.49. The molecule has 5 heteroatoms. The molecule has 1 aliphatic rings. The smallest absolute Gasteiger partial charge is 0.259 e. The van der Waals surface area contributed by atoms with Crippen LogP contribution in [0.15, 0.2) is 41.5 Å². The van der Waals surface area contributed by atoms with Gasteiger partial charge in [0.15, 0.2) is 0 Å². The second-order valence-corrected chi connectivity index (χ2v) is 5.14. The molecule has 2 aromatic heterocycles. The first kappa shape index (κ1) is 12.8. The minimum absolute atomic E-state index is 0.158. The summed E-state index contributed by atoms with van der Waals surface area (Å²) in [4.78, 5) is 23.2. The first-order valence-electron chi connectivity index (χ1n) is 7.07. The van der Waals surface area contributed by atoms with E-state index in [2.05, 4.69) is 21.0 Å². The molecule has 108 valence electrons. The largest absolute Gasteiger partial charge is 0.493 e. The molecule has 0 atom stereocenters. The second-order valence-electron chi connectivity index (χ2n) is 5.14. The molecule has 1 aliphatic heterocycles. The van der Waals surface area contributed by atoms with Crippen molar-refractivity contribution in [2.75, 3.05) is 6.61 Å². The molecule has 3 aromatic rings. The number of rotatable bonds is 2. The number of nitrogens with one attached hydrogen (secondary N) is 1. The molecular weight excluding hydrogens is 278 g/mol. The van der Waals surface area contributed by atoms with Crippen molar-refractivity contribution in [3.63, 3.8) is 0 Å². The predicted octanol–water partition coefficient (Wildman–Crippen LogP) is 2.42. The molecule has 0 amide bonds. The third-order valence-corrected chi connectivity index (χ3v) is 3.67. The minimum Gasteiger partial charge on any atom is -0.493 e. The number of hydrogen-bond acceptors (Lipinski definition) is 4. The first-order valence-corrected chi connectivity index (χ1v) is 7.07. The number of aromatic amines is 1. The highest BCUT2D eigenvalue weighted by atomic mass is 16.5. The van der Waals surface area contributed by atoms with Crippen molar-refractivity contribution in [3.05, 3.63) is 64.0 Å². The van der Waals surface area contributed by atoms with Crippen molar-refractivity contribution in [1.82, 2.24) is 15.0 Å². The van der Waals surface area contributed by atoms with Crippen LogP contribution >= 0.6 is 0 Å². The zero-order chi connectivity index (χ0) is 14.9. The van der Waals surface area contributed by atoms with Crippen LogP contribution in [0.2, 0.25) is 0 Å². The number of hydrogen-bond donors (Lipinski definition) is 1. The first-order chi connectivity index (χ1) is 10.8. The average molecular weight is 291 g/mol. The highest BCUT2D eigenvalue weighted by molar-refractivity contribution is 5.78. The normalized spacial score (nSPS) is 13.5. The fraction of sp³-hybridized carbons (Fsp3) is 0.118. The topological polar surface area (TPSA) is 67.9 Å². The zero-order valence-corrected chi connectivity index (χ0v) is 11.7. The molecule has 4 rings (SSSR count). The lowest BCUT2D eigenvalue weighted by Gasteiger charge is -2.00. The lowest BCUT2D eigenvalue weighted by Crippen LogP contribution is -2.09. The minimum atomic E-state index is -0.158. The molecule has 22 heavy (non-hydrogen) atoms. The summed E-state index contributed by atoms with van der Waals surface area (Å²) in [7, 11) is 0. The Morgan fingerprint density at radius 3 is 3.14 bits per heavy atom. The molecule has 0 radical (unpaired) electrons. The number of H-pyrrole nitrogens is 1. The van der Waals surface area contributed by atoms with E-state index in [0.717, 1.165) is 24.3 Å². The average Bonchev–Trinajstić information content (AvgIpc) is 3.00. The van der Waals surface area contributed by atoms with E-state index in [1.807, 2.05) is 18.2 Å². The molecule has 0 unspecified atom stereocenters. The summed E-state index contributed by atoms with van der Waals surface area (Å²) in [6.45, 7) is 0.745. The van der Waals surface area contributed by atoms with Gasteiger partial charge < -0.3 is 9.72 Å². The van der Waals surface area contributed by atoms with Crippen molar-refractivity contribution in [2.45, 2.75) is 6.42 Å². The quantitative estimate of drug-likeness (QED) is 0.787. The predicted molar refractivity (Wildman–Crippen MR) is 84.7 cm³/mol. The van der Waals surface area contributed by atoms with Gasteiger partial charge in [-0.2, -0.15) is 0 Å². The van der Waals surface area contributed by atoms with E-state index in [0.29, 0.717) is 16.7 Å². The molecule has 1 aromatic carbocycles. The highest BCUT2D eigenvalue weighted by Gasteiger charge is 2.11. The van der Waals surface area contributed by atoms with E-state index in [1.54, 1.807) is 24.5 Å². The Bertz CT molecular complexity index is 944. The second kappa shape index (κ2) is 5.11. The highest BCUT2D eigenvalue weighted by Crippen LogP contribution is 2.26. The fourth-order valence-corrected chi connectivity index (χ4v) is 2.57. The molecule has 0 fully saturated rings. The van der Waals surface area contributed by atoms with E-state index in [-0.39, 0.29) is 5.56 Å². The summed E-state index contributed by atoms with van der Waals surface area (Å²) in [6, 6.07) is 7.72. The van der Waals surface area contributed by atoms with Crippen molar-refractivity contribution < 1.29 is 4.74 Å². The van der Waals surface area contributed by atoms with Crippen molar-refractivity contribution >= 4 is 23.1 Å². The zero-order valence-electron chi connectivity index (χ0n) is 11.7. The number of fused-ring (bicyclic) bond motifs is 2. The Kier molecular flexibility index (Phi) is 2.96. The van der Waals surface area contributed by atoms with Gasteiger partial charge in [-0.3, -0.25) is 9.78 Å². The van der Waals surface area contributed by atoms with Crippen LogP contribution < -0.4 is 10.3 Å². The maximum Gasteiger partial charge on any atom is 0.259 e. The van der Waals surface area contributed by atoms with Gasteiger partial charge in [-0.05, 0) is 35.4 Å². The molecule has 5 nitrogen and oxygen atoms in total. The van der Waals surface area contributed by atoms with Gasteiger partial charge in [0, 0.05) is 12.6 Å². The van der Waals surface area contributed by atoms with Gasteiger partial charge in [-0.1, -0.05) is 12.1 Å². The van der Waals surface area contributed by atoms with E-state index in [4.69, 9.17) is 4.74 Å². The van der Waals surface area contributed by atoms with Crippen molar-refractivity contribution in [2.24, 2.45) is 0 Å². The van der Waals surface area contributed by atoms with Gasteiger partial charge in [0.1, 0.15) is 11.6 Å². The van der Waals surface area contributed by atoms with Crippen LogP contribution in [-0.4, -0.2) is 21.6 Å². The Balaban J connectivity index is 1.69. The van der Waals surface area contributed by atoms with Crippen molar-refractivity contribution in [1.29, 1.82) is 0 Å². The van der Waals surface area contributed by atoms with Gasteiger partial charge in [0.25, 0.3) is 5.56 Å². The van der Waals surface area contributed by atoms with E-state index < -0.39 is 0 Å². The molecule has 0 aliphatic carbocycles. The molecule has 1 N–H and O–H groups in total. The number of pyridine rings is 1. The van der Waals surface area contributed by atoms with E-state index in [1.165, 1.54) is 5.56 Å². The van der Waals surface area contributed by atoms with Crippen LogP contribution in [0, 0.1) is 0 Å².